The van der Waals surface area contributed by atoms with Crippen LogP contribution in [-0.2, 0) is 9.59 Å². The van der Waals surface area contributed by atoms with Gasteiger partial charge in [0.1, 0.15) is 0 Å². The van der Waals surface area contributed by atoms with Gasteiger partial charge in [-0.1, -0.05) is 20.3 Å². The van der Waals surface area contributed by atoms with Crippen LogP contribution in [0.2, 0.25) is 0 Å². The van der Waals surface area contributed by atoms with Crippen LogP contribution >= 0.6 is 0 Å². The van der Waals surface area contributed by atoms with E-state index < -0.39 is 0 Å². The van der Waals surface area contributed by atoms with E-state index in [1.165, 1.54) is 38.5 Å². The van der Waals surface area contributed by atoms with Gasteiger partial charge in [-0.05, 0) is 73.5 Å². The molecule has 0 amide bonds. The largest absolute Gasteiger partial charge is 0.291 e. The maximum absolute atomic E-state index is 12.4. The van der Waals surface area contributed by atoms with E-state index in [1.54, 1.807) is 0 Å². The highest BCUT2D eigenvalue weighted by atomic mass is 16.2. The van der Waals surface area contributed by atoms with Crippen molar-refractivity contribution in [2.45, 2.75) is 71.6 Å². The topological polar surface area (TPSA) is 34.1 Å². The number of ketones is 2. The third-order valence-corrected chi connectivity index (χ3v) is 8.13. The van der Waals surface area contributed by atoms with Gasteiger partial charge in [-0.2, -0.15) is 0 Å². The van der Waals surface area contributed by atoms with Crippen LogP contribution in [0.15, 0.2) is 0 Å². The van der Waals surface area contributed by atoms with Gasteiger partial charge in [-0.25, -0.2) is 0 Å². The van der Waals surface area contributed by atoms with Crippen LogP contribution in [0.25, 0.3) is 0 Å². The highest BCUT2D eigenvalue weighted by Gasteiger charge is 2.59. The number of hydrogen-bond donors (Lipinski definition) is 0. The lowest BCUT2D eigenvalue weighted by Crippen LogP contribution is -2.55. The Balaban J connectivity index is 1.67. The molecule has 4 fully saturated rings. The molecule has 0 aromatic rings. The van der Waals surface area contributed by atoms with Gasteiger partial charge >= 0.3 is 0 Å². The summed E-state index contributed by atoms with van der Waals surface area (Å²) in [4.78, 5) is 24.2. The number of carbonyl (C=O) groups is 2. The van der Waals surface area contributed by atoms with E-state index in [0.717, 1.165) is 24.7 Å². The molecular weight excluding hydrogens is 260 g/mol. The summed E-state index contributed by atoms with van der Waals surface area (Å²) in [5.41, 5.74) is 0.705. The molecule has 0 aromatic carbocycles. The molecule has 4 saturated carbocycles. The second-order valence-electron chi connectivity index (χ2n) is 8.88. The quantitative estimate of drug-likeness (QED) is 0.627. The van der Waals surface area contributed by atoms with Gasteiger partial charge in [-0.15, -0.1) is 0 Å². The van der Waals surface area contributed by atoms with Crippen LogP contribution < -0.4 is 0 Å². The van der Waals surface area contributed by atoms with Crippen LogP contribution in [0.5, 0.6) is 0 Å². The predicted octanol–water partition coefficient (Wildman–Crippen LogP) is 4.17. The fourth-order valence-electron chi connectivity index (χ4n) is 6.94. The minimum absolute atomic E-state index is 0.0260. The number of fused-ring (bicyclic) bond motifs is 5. The van der Waals surface area contributed by atoms with Crippen LogP contribution in [-0.4, -0.2) is 11.6 Å². The Morgan fingerprint density at radius 1 is 0.905 bits per heavy atom. The van der Waals surface area contributed by atoms with E-state index in [0.29, 0.717) is 17.8 Å². The Kier molecular flexibility index (Phi) is 2.94. The first-order valence-corrected chi connectivity index (χ1v) is 9.03. The van der Waals surface area contributed by atoms with Crippen LogP contribution in [0, 0.1) is 34.5 Å². The van der Waals surface area contributed by atoms with Crippen molar-refractivity contribution in [3.63, 3.8) is 0 Å². The minimum Gasteiger partial charge on any atom is -0.291 e. The van der Waals surface area contributed by atoms with Gasteiger partial charge in [0.05, 0.1) is 0 Å². The fourth-order valence-corrected chi connectivity index (χ4v) is 6.94. The monoisotopic (exact) mass is 288 g/mol. The zero-order valence-corrected chi connectivity index (χ0v) is 13.5. The lowest BCUT2D eigenvalue weighted by atomic mass is 9.45. The van der Waals surface area contributed by atoms with E-state index >= 15 is 0 Å². The average Bonchev–Trinajstić information content (AvgIpc) is 2.85. The summed E-state index contributed by atoms with van der Waals surface area (Å²) in [6, 6.07) is 0. The minimum atomic E-state index is -0.0857. The predicted molar refractivity (Wildman–Crippen MR) is 81.7 cm³/mol. The van der Waals surface area contributed by atoms with Crippen molar-refractivity contribution in [3.05, 3.63) is 0 Å². The first kappa shape index (κ1) is 14.0. The summed E-state index contributed by atoms with van der Waals surface area (Å²) < 4.78 is 0. The molecule has 0 N–H and O–H groups in total. The maximum Gasteiger partial charge on any atom is 0.201 e. The Bertz CT molecular complexity index is 496. The molecule has 0 radical (unpaired) electrons. The standard InChI is InChI=1S/C19H28O2/c1-18-9-3-4-13(18)12-5-6-15-17(21)16(20)8-11-19(15,2)14(12)7-10-18/h12-15H,3-11H2,1-2H3/t12-,13-,14+,15?,18-,19+/m0/s1. The molecule has 4 rings (SSSR count). The SMILES string of the molecule is C[C@@]12CCC[C@H]1[C@@H]1CCC3C(=O)C(=O)CC[C@]3(C)[C@@H]1CC2. The molecule has 2 heteroatoms. The highest BCUT2D eigenvalue weighted by molar-refractivity contribution is 6.38. The molecule has 4 aliphatic rings. The van der Waals surface area contributed by atoms with Crippen LogP contribution in [0.1, 0.15) is 71.6 Å². The first-order chi connectivity index (χ1) is 9.96. The number of hydrogen-bond acceptors (Lipinski definition) is 2. The molecule has 0 bridgehead atoms. The normalized spacial score (nSPS) is 53.0. The molecule has 116 valence electrons. The van der Waals surface area contributed by atoms with Crippen LogP contribution in [0.3, 0.4) is 0 Å². The summed E-state index contributed by atoms with van der Waals surface area (Å²) in [6.45, 7) is 4.86. The molecule has 0 aliphatic heterocycles. The third kappa shape index (κ3) is 1.77. The van der Waals surface area contributed by atoms with Crippen molar-refractivity contribution >= 4 is 11.6 Å². The van der Waals surface area contributed by atoms with Crippen molar-refractivity contribution in [1.29, 1.82) is 0 Å². The van der Waals surface area contributed by atoms with Gasteiger partial charge < -0.3 is 0 Å². The van der Waals surface area contributed by atoms with Crippen molar-refractivity contribution in [2.24, 2.45) is 34.5 Å². The van der Waals surface area contributed by atoms with Gasteiger partial charge in [0.2, 0.25) is 5.78 Å². The maximum atomic E-state index is 12.4. The molecule has 0 heterocycles. The number of Topliss-reactive ketones (excluding diaryl/α,β-unsaturated/α-hetero) is 2. The lowest BCUT2D eigenvalue weighted by Gasteiger charge is -2.59. The second-order valence-corrected chi connectivity index (χ2v) is 8.88. The lowest BCUT2D eigenvalue weighted by molar-refractivity contribution is -0.157. The summed E-state index contributed by atoms with van der Waals surface area (Å²) >= 11 is 0. The number of rotatable bonds is 0. The molecule has 0 saturated heterocycles. The average molecular weight is 288 g/mol. The molecule has 2 nitrogen and oxygen atoms in total. The number of carbonyl (C=O) groups excluding carboxylic acids is 2. The van der Waals surface area contributed by atoms with Gasteiger partial charge in [-0.3, -0.25) is 9.59 Å². The fraction of sp³-hybridized carbons (Fsp3) is 0.895. The first-order valence-electron chi connectivity index (χ1n) is 9.03. The second kappa shape index (κ2) is 4.43. The van der Waals surface area contributed by atoms with E-state index in [1.807, 2.05) is 0 Å². The molecule has 4 aliphatic carbocycles. The zero-order chi connectivity index (χ0) is 14.8. The van der Waals surface area contributed by atoms with E-state index in [4.69, 9.17) is 0 Å². The Labute approximate surface area is 128 Å². The summed E-state index contributed by atoms with van der Waals surface area (Å²) in [6.07, 6.45) is 10.5. The van der Waals surface area contributed by atoms with Crippen molar-refractivity contribution < 1.29 is 9.59 Å². The van der Waals surface area contributed by atoms with E-state index in [9.17, 15) is 9.59 Å². The van der Waals surface area contributed by atoms with Crippen molar-refractivity contribution in [3.8, 4) is 0 Å². The van der Waals surface area contributed by atoms with E-state index in [-0.39, 0.29) is 22.9 Å². The smallest absolute Gasteiger partial charge is 0.201 e. The summed E-state index contributed by atoms with van der Waals surface area (Å²) in [7, 11) is 0. The highest BCUT2D eigenvalue weighted by Crippen LogP contribution is 2.65. The Hall–Kier alpha value is -0.660. The van der Waals surface area contributed by atoms with Crippen molar-refractivity contribution in [1.82, 2.24) is 0 Å². The molecule has 1 unspecified atom stereocenters. The summed E-state index contributed by atoms with van der Waals surface area (Å²) in [5, 5.41) is 0. The zero-order valence-electron chi connectivity index (χ0n) is 13.5. The van der Waals surface area contributed by atoms with E-state index in [2.05, 4.69) is 13.8 Å². The third-order valence-electron chi connectivity index (χ3n) is 8.13. The van der Waals surface area contributed by atoms with Gasteiger partial charge in [0, 0.05) is 12.3 Å². The molecule has 21 heavy (non-hydrogen) atoms. The summed E-state index contributed by atoms with van der Waals surface area (Å²) in [5.74, 6) is 2.35. The van der Waals surface area contributed by atoms with Gasteiger partial charge in [0.25, 0.3) is 0 Å². The molecule has 6 atom stereocenters. The van der Waals surface area contributed by atoms with Crippen molar-refractivity contribution in [2.75, 3.05) is 0 Å². The van der Waals surface area contributed by atoms with Crippen LogP contribution in [0.4, 0.5) is 0 Å². The molecule has 0 spiro atoms. The Morgan fingerprint density at radius 3 is 2.52 bits per heavy atom. The Morgan fingerprint density at radius 2 is 1.71 bits per heavy atom. The molecule has 0 aromatic heterocycles. The molecular formula is C19H28O2. The van der Waals surface area contributed by atoms with Gasteiger partial charge in [0.15, 0.2) is 5.78 Å².